The van der Waals surface area contributed by atoms with Crippen molar-refractivity contribution in [3.05, 3.63) is 90.5 Å². The van der Waals surface area contributed by atoms with Crippen LogP contribution in [0.2, 0.25) is 0 Å². The van der Waals surface area contributed by atoms with Crippen molar-refractivity contribution in [2.24, 2.45) is 0 Å². The molecule has 0 radical (unpaired) electrons. The molecule has 0 amide bonds. The van der Waals surface area contributed by atoms with Crippen LogP contribution in [0, 0.1) is 19.1 Å². The van der Waals surface area contributed by atoms with E-state index in [1.54, 1.807) is 0 Å². The van der Waals surface area contributed by atoms with Gasteiger partial charge in [0, 0.05) is 17.4 Å². The molecular formula is C19H15N. The Morgan fingerprint density at radius 3 is 2.05 bits per heavy atom. The molecule has 3 aromatic rings. The molecule has 0 spiro atoms. The molecule has 0 aliphatic rings. The third kappa shape index (κ3) is 2.50. The first kappa shape index (κ1) is 12.3. The van der Waals surface area contributed by atoms with Crippen LogP contribution in [0.4, 0.5) is 17.1 Å². The number of rotatable bonds is 3. The van der Waals surface area contributed by atoms with Gasteiger partial charge in [-0.1, -0.05) is 48.0 Å². The highest BCUT2D eigenvalue weighted by molar-refractivity contribution is 5.76. The summed E-state index contributed by atoms with van der Waals surface area (Å²) in [5.41, 5.74) is 4.62. The second kappa shape index (κ2) is 5.50. The number of benzene rings is 2. The summed E-state index contributed by atoms with van der Waals surface area (Å²) in [5.74, 6) is 0. The van der Waals surface area contributed by atoms with Crippen LogP contribution in [0.25, 0.3) is 0 Å². The van der Waals surface area contributed by atoms with E-state index in [0.717, 1.165) is 17.1 Å². The van der Waals surface area contributed by atoms with Crippen LogP contribution in [0.1, 0.15) is 5.56 Å². The maximum atomic E-state index is 3.03. The average molecular weight is 257 g/mol. The Kier molecular flexibility index (Phi) is 3.39. The number of aryl methyl sites for hydroxylation is 1. The summed E-state index contributed by atoms with van der Waals surface area (Å²) >= 11 is 0. The molecule has 0 saturated heterocycles. The van der Waals surface area contributed by atoms with Crippen LogP contribution < -0.4 is 4.90 Å². The molecule has 0 bridgehead atoms. The molecule has 1 heteroatoms. The zero-order valence-corrected chi connectivity index (χ0v) is 11.4. The normalized spacial score (nSPS) is 9.85. The molecule has 0 heterocycles. The van der Waals surface area contributed by atoms with Crippen molar-refractivity contribution in [3.8, 4) is 0 Å². The summed E-state index contributed by atoms with van der Waals surface area (Å²) in [4.78, 5) is 2.21. The SMILES string of the molecule is Cc1ccc(N(c2cc#ccc2)c2ccccc2)cc1. The first-order chi connectivity index (χ1) is 9.84. The Balaban J connectivity index is 2.11. The number of para-hydroxylation sites is 1. The molecule has 20 heavy (non-hydrogen) atoms. The van der Waals surface area contributed by atoms with Crippen LogP contribution in [0.5, 0.6) is 0 Å². The van der Waals surface area contributed by atoms with Gasteiger partial charge in [-0.2, -0.15) is 0 Å². The molecule has 0 N–H and O–H groups in total. The van der Waals surface area contributed by atoms with E-state index < -0.39 is 0 Å². The highest BCUT2D eigenvalue weighted by Gasteiger charge is 2.10. The van der Waals surface area contributed by atoms with Crippen molar-refractivity contribution in [2.75, 3.05) is 4.90 Å². The Morgan fingerprint density at radius 1 is 0.700 bits per heavy atom. The van der Waals surface area contributed by atoms with Crippen molar-refractivity contribution < 1.29 is 0 Å². The smallest absolute Gasteiger partial charge is 0.0551 e. The van der Waals surface area contributed by atoms with Gasteiger partial charge in [0.1, 0.15) is 0 Å². The van der Waals surface area contributed by atoms with Crippen LogP contribution in [0.15, 0.2) is 72.8 Å². The summed E-state index contributed by atoms with van der Waals surface area (Å²) in [6.07, 6.45) is 0. The zero-order chi connectivity index (χ0) is 13.8. The van der Waals surface area contributed by atoms with E-state index in [1.807, 2.05) is 24.3 Å². The Morgan fingerprint density at radius 2 is 1.40 bits per heavy atom. The van der Waals surface area contributed by atoms with Crippen molar-refractivity contribution in [1.29, 1.82) is 0 Å². The van der Waals surface area contributed by atoms with Gasteiger partial charge in [-0.3, -0.25) is 0 Å². The molecule has 0 aromatic heterocycles. The molecule has 96 valence electrons. The Labute approximate surface area is 120 Å². The molecule has 0 aliphatic carbocycles. The lowest BCUT2D eigenvalue weighted by Gasteiger charge is -2.24. The minimum atomic E-state index is 1.08. The predicted molar refractivity (Wildman–Crippen MR) is 83.5 cm³/mol. The lowest BCUT2D eigenvalue weighted by molar-refractivity contribution is 1.28. The Hall–Kier alpha value is -2.72. The van der Waals surface area contributed by atoms with E-state index in [4.69, 9.17) is 0 Å². The number of hydrogen-bond acceptors (Lipinski definition) is 1. The molecule has 3 rings (SSSR count). The third-order valence-electron chi connectivity index (χ3n) is 3.21. The topological polar surface area (TPSA) is 3.24 Å². The van der Waals surface area contributed by atoms with E-state index >= 15 is 0 Å². The number of anilines is 3. The van der Waals surface area contributed by atoms with Gasteiger partial charge in [-0.05, 0) is 43.3 Å². The fourth-order valence-electron chi connectivity index (χ4n) is 2.20. The lowest BCUT2D eigenvalue weighted by atomic mass is 10.1. The summed E-state index contributed by atoms with van der Waals surface area (Å²) in [6.45, 7) is 2.10. The minimum Gasteiger partial charge on any atom is -0.310 e. The van der Waals surface area contributed by atoms with E-state index in [9.17, 15) is 0 Å². The van der Waals surface area contributed by atoms with E-state index in [2.05, 4.69) is 72.5 Å². The van der Waals surface area contributed by atoms with Gasteiger partial charge < -0.3 is 4.90 Å². The molecule has 0 aliphatic heterocycles. The van der Waals surface area contributed by atoms with Crippen molar-refractivity contribution in [3.63, 3.8) is 0 Å². The molecular weight excluding hydrogens is 242 g/mol. The van der Waals surface area contributed by atoms with Gasteiger partial charge in [0.2, 0.25) is 0 Å². The second-order valence-electron chi connectivity index (χ2n) is 4.70. The standard InChI is InChI=1S/C19H15N/c1-16-12-14-19(15-13-16)20(17-8-4-2-5-9-17)18-10-6-3-7-11-18/h2,4-6,8-15H,1H3. The average Bonchev–Trinajstić information content (AvgIpc) is 2.52. The molecule has 0 unspecified atom stereocenters. The highest BCUT2D eigenvalue weighted by atomic mass is 15.1. The van der Waals surface area contributed by atoms with Crippen LogP contribution >= 0.6 is 0 Å². The highest BCUT2D eigenvalue weighted by Crippen LogP contribution is 2.33. The molecule has 1 nitrogen and oxygen atoms in total. The maximum absolute atomic E-state index is 3.03. The molecule has 3 aromatic carbocycles. The summed E-state index contributed by atoms with van der Waals surface area (Å²) in [6, 6.07) is 30.7. The summed E-state index contributed by atoms with van der Waals surface area (Å²) in [7, 11) is 0. The van der Waals surface area contributed by atoms with Gasteiger partial charge in [-0.15, -0.1) is 0 Å². The van der Waals surface area contributed by atoms with Gasteiger partial charge in [-0.25, -0.2) is 0 Å². The van der Waals surface area contributed by atoms with E-state index in [1.165, 1.54) is 5.56 Å². The van der Waals surface area contributed by atoms with E-state index in [-0.39, 0.29) is 0 Å². The summed E-state index contributed by atoms with van der Waals surface area (Å²) < 4.78 is 0. The quantitative estimate of drug-likeness (QED) is 0.633. The maximum Gasteiger partial charge on any atom is 0.0551 e. The third-order valence-corrected chi connectivity index (χ3v) is 3.21. The van der Waals surface area contributed by atoms with Gasteiger partial charge in [0.15, 0.2) is 0 Å². The largest absolute Gasteiger partial charge is 0.310 e. The minimum absolute atomic E-state index is 1.08. The van der Waals surface area contributed by atoms with Crippen LogP contribution in [-0.2, 0) is 0 Å². The van der Waals surface area contributed by atoms with Crippen molar-refractivity contribution >= 4 is 17.1 Å². The molecule has 0 saturated carbocycles. The Bertz CT molecular complexity index is 618. The number of nitrogens with zero attached hydrogens (tertiary/aromatic N) is 1. The van der Waals surface area contributed by atoms with Crippen LogP contribution in [0.3, 0.4) is 0 Å². The zero-order valence-electron chi connectivity index (χ0n) is 11.4. The monoisotopic (exact) mass is 257 g/mol. The lowest BCUT2D eigenvalue weighted by Crippen LogP contribution is -2.09. The fraction of sp³-hybridized carbons (Fsp3) is 0.0526. The van der Waals surface area contributed by atoms with Crippen molar-refractivity contribution in [1.82, 2.24) is 0 Å². The number of hydrogen-bond donors (Lipinski definition) is 0. The molecule has 0 fully saturated rings. The predicted octanol–water partition coefficient (Wildman–Crippen LogP) is 5.07. The molecule has 0 atom stereocenters. The first-order valence-corrected chi connectivity index (χ1v) is 6.64. The first-order valence-electron chi connectivity index (χ1n) is 6.64. The second-order valence-corrected chi connectivity index (χ2v) is 4.70. The van der Waals surface area contributed by atoms with Gasteiger partial charge >= 0.3 is 0 Å². The van der Waals surface area contributed by atoms with Gasteiger partial charge in [0.05, 0.1) is 5.69 Å². The van der Waals surface area contributed by atoms with E-state index in [0.29, 0.717) is 0 Å². The van der Waals surface area contributed by atoms with Gasteiger partial charge in [0.25, 0.3) is 0 Å². The summed E-state index contributed by atoms with van der Waals surface area (Å²) in [5, 5.41) is 0. The fourth-order valence-corrected chi connectivity index (χ4v) is 2.20. The van der Waals surface area contributed by atoms with Crippen LogP contribution in [-0.4, -0.2) is 0 Å². The van der Waals surface area contributed by atoms with Crippen molar-refractivity contribution in [2.45, 2.75) is 6.92 Å².